The fourth-order valence-electron chi connectivity index (χ4n) is 3.58. The summed E-state index contributed by atoms with van der Waals surface area (Å²) in [5, 5.41) is 0. The highest BCUT2D eigenvalue weighted by molar-refractivity contribution is 7.99. The van der Waals surface area contributed by atoms with Gasteiger partial charge in [-0.15, -0.1) is 0 Å². The minimum Gasteiger partial charge on any atom is -0.456 e. The second kappa shape index (κ2) is 12.5. The highest BCUT2D eigenvalue weighted by Crippen LogP contribution is 2.37. The molecule has 2 aromatic carbocycles. The predicted molar refractivity (Wildman–Crippen MR) is 124 cm³/mol. The molecule has 0 aliphatic carbocycles. The normalized spacial score (nSPS) is 24.1. The molecular formula is C25H28O8S. The van der Waals surface area contributed by atoms with Gasteiger partial charge in [-0.25, -0.2) is 0 Å². The van der Waals surface area contributed by atoms with Gasteiger partial charge >= 0.3 is 17.9 Å². The summed E-state index contributed by atoms with van der Waals surface area (Å²) in [4.78, 5) is 36.7. The second-order valence-electron chi connectivity index (χ2n) is 7.70. The molecule has 5 atom stereocenters. The molecule has 3 rings (SSSR count). The Morgan fingerprint density at radius 3 is 1.88 bits per heavy atom. The van der Waals surface area contributed by atoms with Crippen molar-refractivity contribution < 1.29 is 38.1 Å². The van der Waals surface area contributed by atoms with E-state index in [1.165, 1.54) is 32.5 Å². The van der Waals surface area contributed by atoms with Crippen LogP contribution in [0.1, 0.15) is 26.3 Å². The topological polar surface area (TPSA) is 97.4 Å². The number of carbonyl (C=O) groups is 3. The molecule has 1 heterocycles. The standard InChI is InChI=1S/C25H28O8S/c1-16(26)30-22-21(15-29-14-19-10-6-4-7-11-19)33-25(34-20-12-8-5-9-13-20)24(32-18(3)28)23(22)31-17(2)27/h4-13,21-25H,14-15H2,1-3H3/t21-,22+,23+,24-,25-/m1/s1. The van der Waals surface area contributed by atoms with Gasteiger partial charge in [0.1, 0.15) is 11.5 Å². The lowest BCUT2D eigenvalue weighted by molar-refractivity contribution is -0.238. The van der Waals surface area contributed by atoms with Crippen LogP contribution in [0.2, 0.25) is 0 Å². The Bertz CT molecular complexity index is 952. The molecule has 0 spiro atoms. The zero-order valence-electron chi connectivity index (χ0n) is 19.2. The van der Waals surface area contributed by atoms with Gasteiger partial charge in [0, 0.05) is 25.7 Å². The molecule has 0 amide bonds. The van der Waals surface area contributed by atoms with E-state index in [9.17, 15) is 14.4 Å². The Balaban J connectivity index is 1.88. The molecule has 182 valence electrons. The van der Waals surface area contributed by atoms with E-state index in [1.807, 2.05) is 60.7 Å². The molecule has 1 saturated heterocycles. The number of benzene rings is 2. The van der Waals surface area contributed by atoms with Crippen molar-refractivity contribution >= 4 is 29.7 Å². The minimum atomic E-state index is -1.08. The van der Waals surface area contributed by atoms with Gasteiger partial charge in [-0.3, -0.25) is 14.4 Å². The molecule has 34 heavy (non-hydrogen) atoms. The summed E-state index contributed by atoms with van der Waals surface area (Å²) in [7, 11) is 0. The summed E-state index contributed by atoms with van der Waals surface area (Å²) >= 11 is 1.31. The number of hydrogen-bond acceptors (Lipinski definition) is 9. The van der Waals surface area contributed by atoms with Crippen LogP contribution >= 0.6 is 11.8 Å². The molecule has 1 fully saturated rings. The Morgan fingerprint density at radius 2 is 1.29 bits per heavy atom. The van der Waals surface area contributed by atoms with Gasteiger partial charge in [0.15, 0.2) is 18.3 Å². The van der Waals surface area contributed by atoms with Crippen LogP contribution in [0, 0.1) is 0 Å². The van der Waals surface area contributed by atoms with E-state index in [2.05, 4.69) is 0 Å². The van der Waals surface area contributed by atoms with Gasteiger partial charge in [0.25, 0.3) is 0 Å². The molecule has 1 aliphatic heterocycles. The van der Waals surface area contributed by atoms with Crippen LogP contribution in [-0.2, 0) is 44.7 Å². The van der Waals surface area contributed by atoms with Crippen LogP contribution in [0.5, 0.6) is 0 Å². The van der Waals surface area contributed by atoms with Gasteiger partial charge in [0.05, 0.1) is 13.2 Å². The zero-order chi connectivity index (χ0) is 24.5. The van der Waals surface area contributed by atoms with Crippen LogP contribution in [0.3, 0.4) is 0 Å². The van der Waals surface area contributed by atoms with Crippen molar-refractivity contribution in [2.75, 3.05) is 6.61 Å². The molecule has 8 nitrogen and oxygen atoms in total. The smallest absolute Gasteiger partial charge is 0.303 e. The van der Waals surface area contributed by atoms with Gasteiger partial charge in [-0.1, -0.05) is 60.3 Å². The van der Waals surface area contributed by atoms with Crippen LogP contribution in [-0.4, -0.2) is 54.4 Å². The summed E-state index contributed by atoms with van der Waals surface area (Å²) in [6.45, 7) is 4.12. The maximum atomic E-state index is 12.0. The summed E-state index contributed by atoms with van der Waals surface area (Å²) in [5.41, 5.74) is 0.222. The first-order valence-corrected chi connectivity index (χ1v) is 11.7. The number of esters is 3. The maximum Gasteiger partial charge on any atom is 0.303 e. The van der Waals surface area contributed by atoms with Crippen LogP contribution < -0.4 is 0 Å². The average Bonchev–Trinajstić information content (AvgIpc) is 2.79. The quantitative estimate of drug-likeness (QED) is 0.388. The minimum absolute atomic E-state index is 0.0588. The fraction of sp³-hybridized carbons (Fsp3) is 0.400. The van der Waals surface area contributed by atoms with E-state index in [0.29, 0.717) is 6.61 Å². The van der Waals surface area contributed by atoms with Crippen LogP contribution in [0.4, 0.5) is 0 Å². The van der Waals surface area contributed by atoms with Crippen molar-refractivity contribution in [3.8, 4) is 0 Å². The molecule has 0 aromatic heterocycles. The highest BCUT2D eigenvalue weighted by atomic mass is 32.2. The molecule has 2 aromatic rings. The fourth-order valence-corrected chi connectivity index (χ4v) is 4.71. The molecule has 0 bridgehead atoms. The Morgan fingerprint density at radius 1 is 0.765 bits per heavy atom. The van der Waals surface area contributed by atoms with Crippen molar-refractivity contribution in [1.29, 1.82) is 0 Å². The largest absolute Gasteiger partial charge is 0.456 e. The van der Waals surface area contributed by atoms with E-state index in [0.717, 1.165) is 10.5 Å². The third-order valence-corrected chi connectivity index (χ3v) is 6.04. The second-order valence-corrected chi connectivity index (χ2v) is 8.87. The SMILES string of the molecule is CC(=O)O[C@@H]1[C@@H](OC(C)=O)[C@@H](Sc2ccccc2)O[C@H](COCc2ccccc2)[C@@H]1OC(C)=O. The zero-order valence-corrected chi connectivity index (χ0v) is 20.1. The van der Waals surface area contributed by atoms with E-state index in [4.69, 9.17) is 23.7 Å². The average molecular weight is 489 g/mol. The number of rotatable bonds is 9. The summed E-state index contributed by atoms with van der Waals surface area (Å²) in [5.74, 6) is -1.77. The lowest BCUT2D eigenvalue weighted by Gasteiger charge is -2.44. The molecule has 0 unspecified atom stereocenters. The molecule has 0 radical (unpaired) electrons. The molecule has 0 saturated carbocycles. The lowest BCUT2D eigenvalue weighted by atomic mass is 9.99. The van der Waals surface area contributed by atoms with Gasteiger partial charge in [-0.05, 0) is 17.7 Å². The first-order valence-electron chi connectivity index (χ1n) is 10.8. The summed E-state index contributed by atoms with van der Waals surface area (Å²) in [6.07, 6.45) is -3.90. The predicted octanol–water partition coefficient (Wildman–Crippen LogP) is 3.52. The number of ether oxygens (including phenoxy) is 5. The van der Waals surface area contributed by atoms with Crippen molar-refractivity contribution in [3.05, 3.63) is 66.2 Å². The Labute approximate surface area is 202 Å². The highest BCUT2D eigenvalue weighted by Gasteiger charge is 2.52. The van der Waals surface area contributed by atoms with E-state index in [1.54, 1.807) is 0 Å². The van der Waals surface area contributed by atoms with Crippen molar-refractivity contribution in [2.45, 2.75) is 62.1 Å². The first-order chi connectivity index (χ1) is 16.3. The van der Waals surface area contributed by atoms with Gasteiger partial charge in [-0.2, -0.15) is 0 Å². The Hall–Kier alpha value is -2.88. The number of hydrogen-bond donors (Lipinski definition) is 0. The van der Waals surface area contributed by atoms with Crippen molar-refractivity contribution in [3.63, 3.8) is 0 Å². The van der Waals surface area contributed by atoms with Crippen molar-refractivity contribution in [1.82, 2.24) is 0 Å². The number of thioether (sulfide) groups is 1. The van der Waals surface area contributed by atoms with Crippen molar-refractivity contribution in [2.24, 2.45) is 0 Å². The first kappa shape index (κ1) is 25.7. The summed E-state index contributed by atoms with van der Waals surface area (Å²) < 4.78 is 28.7. The van der Waals surface area contributed by atoms with E-state index < -0.39 is 47.8 Å². The Kier molecular flexibility index (Phi) is 9.50. The third kappa shape index (κ3) is 7.58. The summed E-state index contributed by atoms with van der Waals surface area (Å²) in [6, 6.07) is 19.0. The van der Waals surface area contributed by atoms with Crippen LogP contribution in [0.15, 0.2) is 65.6 Å². The third-order valence-electron chi connectivity index (χ3n) is 4.89. The van der Waals surface area contributed by atoms with Gasteiger partial charge < -0.3 is 23.7 Å². The molecule has 0 N–H and O–H groups in total. The number of carbonyl (C=O) groups excluding carboxylic acids is 3. The lowest BCUT2D eigenvalue weighted by Crippen LogP contribution is -2.61. The van der Waals surface area contributed by atoms with E-state index >= 15 is 0 Å². The molecule has 1 aliphatic rings. The molecular weight excluding hydrogens is 460 g/mol. The van der Waals surface area contributed by atoms with E-state index in [-0.39, 0.29) is 6.61 Å². The van der Waals surface area contributed by atoms with Gasteiger partial charge in [0.2, 0.25) is 0 Å². The monoisotopic (exact) mass is 488 g/mol. The molecule has 9 heteroatoms. The maximum absolute atomic E-state index is 12.0. The van der Waals surface area contributed by atoms with Crippen LogP contribution in [0.25, 0.3) is 0 Å².